The van der Waals surface area contributed by atoms with Crippen molar-refractivity contribution in [3.8, 4) is 0 Å². The molecule has 0 spiro atoms. The molecule has 76 heavy (non-hydrogen) atoms. The van der Waals surface area contributed by atoms with E-state index in [1.54, 1.807) is 0 Å². The van der Waals surface area contributed by atoms with Crippen molar-refractivity contribution in [3.63, 3.8) is 0 Å². The Hall–Kier alpha value is -4.90. The zero-order valence-electron chi connectivity index (χ0n) is 46.9. The highest BCUT2D eigenvalue weighted by Gasteiger charge is 2.28. The minimum Gasteiger partial charge on any atom is -0.462 e. The van der Waals surface area contributed by atoms with Crippen LogP contribution in [0.5, 0.6) is 0 Å². The minimum absolute atomic E-state index is 0.0168. The molecule has 0 saturated heterocycles. The van der Waals surface area contributed by atoms with Crippen LogP contribution in [0.2, 0.25) is 0 Å². The fraction of sp³-hybridized carbons (Fsp3) is 0.547. The Morgan fingerprint density at radius 3 is 1.13 bits per heavy atom. The average Bonchev–Trinajstić information content (AvgIpc) is 3.41. The molecule has 3 atom stereocenters. The van der Waals surface area contributed by atoms with Crippen LogP contribution in [0.25, 0.3) is 0 Å². The Labute approximate surface area is 460 Å². The van der Waals surface area contributed by atoms with Crippen molar-refractivity contribution >= 4 is 25.7 Å². The molecule has 0 aliphatic carbocycles. The van der Waals surface area contributed by atoms with Gasteiger partial charge in [0.1, 0.15) is 12.7 Å². The van der Waals surface area contributed by atoms with E-state index in [-0.39, 0.29) is 19.3 Å². The second-order valence-electron chi connectivity index (χ2n) is 18.0. The summed E-state index contributed by atoms with van der Waals surface area (Å²) in [5.74, 6) is -1.70. The van der Waals surface area contributed by atoms with Crippen LogP contribution >= 0.6 is 7.82 Å². The molecule has 0 aliphatic rings. The summed E-state index contributed by atoms with van der Waals surface area (Å²) < 4.78 is 39.3. The van der Waals surface area contributed by atoms with Gasteiger partial charge in [-0.1, -0.05) is 211 Å². The zero-order valence-corrected chi connectivity index (χ0v) is 47.8. The quantitative estimate of drug-likeness (QED) is 0.0197. The Morgan fingerprint density at radius 1 is 0.382 bits per heavy atom. The van der Waals surface area contributed by atoms with E-state index in [1.807, 2.05) is 24.3 Å². The highest BCUT2D eigenvalue weighted by molar-refractivity contribution is 7.47. The summed E-state index contributed by atoms with van der Waals surface area (Å²) >= 11 is 0. The maximum atomic E-state index is 12.9. The second-order valence-corrected chi connectivity index (χ2v) is 19.4. The van der Waals surface area contributed by atoms with Gasteiger partial charge < -0.3 is 24.2 Å². The number of carbonyl (C=O) groups excluding carboxylic acids is 3. The van der Waals surface area contributed by atoms with Gasteiger partial charge in [-0.2, -0.15) is 0 Å². The molecule has 12 heteroatoms. The SMILES string of the molecule is CC/C=C\C/C=C\C/C=C\C/C=C\C/C=C\C/C=C\CCC(=O)OCC(COP(=O)(O)OCC(CO)OC(=O)CCCCCCC/C=C\CCCC)OC(=O)CC/C=C\C/C=C\C/C=C\C/C=C\C/C=C\C/C=C\CC. The number of rotatable bonds is 50. The number of allylic oxidation sites excluding steroid dienone is 26. The van der Waals surface area contributed by atoms with Gasteiger partial charge in [0.2, 0.25) is 0 Å². The number of hydrogen-bond donors (Lipinski definition) is 2. The third-order valence-electron chi connectivity index (χ3n) is 10.9. The van der Waals surface area contributed by atoms with E-state index in [2.05, 4.69) is 154 Å². The summed E-state index contributed by atoms with van der Waals surface area (Å²) in [5.41, 5.74) is 0. The van der Waals surface area contributed by atoms with Gasteiger partial charge >= 0.3 is 25.7 Å². The Bertz CT molecular complexity index is 1880. The normalized spacial score (nSPS) is 14.5. The third-order valence-corrected chi connectivity index (χ3v) is 11.9. The lowest BCUT2D eigenvalue weighted by Crippen LogP contribution is -2.30. The molecular formula is C64H99O11P. The minimum atomic E-state index is -4.80. The molecule has 0 amide bonds. The van der Waals surface area contributed by atoms with Crippen molar-refractivity contribution in [1.29, 1.82) is 0 Å². The van der Waals surface area contributed by atoms with Crippen LogP contribution in [0, 0.1) is 0 Å². The Morgan fingerprint density at radius 2 is 0.711 bits per heavy atom. The van der Waals surface area contributed by atoms with E-state index in [0.29, 0.717) is 25.7 Å². The van der Waals surface area contributed by atoms with Crippen molar-refractivity contribution < 1.29 is 52.2 Å². The van der Waals surface area contributed by atoms with Crippen LogP contribution in [0.3, 0.4) is 0 Å². The smallest absolute Gasteiger partial charge is 0.462 e. The molecule has 11 nitrogen and oxygen atoms in total. The number of phosphoric acid groups is 1. The topological polar surface area (TPSA) is 155 Å². The number of unbranched alkanes of at least 4 members (excludes halogenated alkanes) is 7. The highest BCUT2D eigenvalue weighted by Crippen LogP contribution is 2.43. The van der Waals surface area contributed by atoms with E-state index in [4.69, 9.17) is 23.3 Å². The monoisotopic (exact) mass is 1070 g/mol. The third kappa shape index (κ3) is 53.9. The van der Waals surface area contributed by atoms with Gasteiger partial charge in [-0.15, -0.1) is 0 Å². The number of hydrogen-bond acceptors (Lipinski definition) is 10. The van der Waals surface area contributed by atoms with Gasteiger partial charge in [-0.25, -0.2) is 4.57 Å². The fourth-order valence-corrected chi connectivity index (χ4v) is 7.46. The summed E-state index contributed by atoms with van der Waals surface area (Å²) in [6.45, 7) is 4.16. The predicted molar refractivity (Wildman–Crippen MR) is 315 cm³/mol. The summed E-state index contributed by atoms with van der Waals surface area (Å²) in [4.78, 5) is 48.4. The molecular weight excluding hydrogens is 976 g/mol. The van der Waals surface area contributed by atoms with Crippen molar-refractivity contribution in [1.82, 2.24) is 0 Å². The molecule has 0 aromatic heterocycles. The molecule has 0 radical (unpaired) electrons. The Balaban J connectivity index is 4.99. The van der Waals surface area contributed by atoms with E-state index in [0.717, 1.165) is 109 Å². The lowest BCUT2D eigenvalue weighted by molar-refractivity contribution is -0.161. The van der Waals surface area contributed by atoms with Crippen molar-refractivity contribution in [2.75, 3.05) is 26.4 Å². The van der Waals surface area contributed by atoms with E-state index in [1.165, 1.54) is 12.8 Å². The van der Waals surface area contributed by atoms with Crippen LogP contribution in [0.4, 0.5) is 0 Å². The molecule has 0 saturated carbocycles. The second kappa shape index (κ2) is 56.3. The summed E-state index contributed by atoms with van der Waals surface area (Å²) in [6, 6.07) is 0. The van der Waals surface area contributed by atoms with Gasteiger partial charge in [0.05, 0.1) is 19.8 Å². The average molecular weight is 1080 g/mol. The molecule has 0 bridgehead atoms. The molecule has 0 fully saturated rings. The molecule has 0 aromatic carbocycles. The number of aliphatic hydroxyl groups excluding tert-OH is 1. The predicted octanol–water partition coefficient (Wildman–Crippen LogP) is 16.9. The molecule has 0 aromatic rings. The van der Waals surface area contributed by atoms with Gasteiger partial charge in [-0.05, 0) is 116 Å². The lowest BCUT2D eigenvalue weighted by Gasteiger charge is -2.21. The van der Waals surface area contributed by atoms with Crippen molar-refractivity contribution in [3.05, 3.63) is 158 Å². The van der Waals surface area contributed by atoms with Crippen molar-refractivity contribution in [2.24, 2.45) is 0 Å². The van der Waals surface area contributed by atoms with Crippen LogP contribution in [-0.2, 0) is 42.2 Å². The standard InChI is InChI=1S/C64H99O11P/c1-4-7-10-13-16-19-22-24-26-28-30-32-34-36-39-41-44-47-50-53-62(66)71-57-61(75-64(68)55-52-49-46-43-40-37-35-33-31-29-27-25-23-20-17-14-11-8-5-2)59-73-76(69,70)72-58-60(56-65)74-63(67)54-51-48-45-42-38-21-18-15-12-9-6-3/h7-8,10-11,15-20,24-27,30-33,36-37,39-40,44,46-47,49,60-61,65H,4-6,9,12-14,21-23,28-29,34-35,38,41-43,45,48,50-59H2,1-3H3,(H,69,70)/b10-7-,11-8-,18-15-,19-16-,20-17-,26-24-,27-25-,32-30-,33-31-,39-36-,40-37-,47-44-,49-46-. The molecule has 2 N–H and O–H groups in total. The molecule has 0 heterocycles. The van der Waals surface area contributed by atoms with Gasteiger partial charge in [0.25, 0.3) is 0 Å². The molecule has 0 rings (SSSR count). The number of esters is 3. The first kappa shape index (κ1) is 71.1. The summed E-state index contributed by atoms with van der Waals surface area (Å²) in [7, 11) is -4.80. The first-order valence-electron chi connectivity index (χ1n) is 28.4. The van der Waals surface area contributed by atoms with Crippen molar-refractivity contribution in [2.45, 2.75) is 200 Å². The van der Waals surface area contributed by atoms with Crippen LogP contribution < -0.4 is 0 Å². The van der Waals surface area contributed by atoms with Gasteiger partial charge in [0, 0.05) is 19.3 Å². The van der Waals surface area contributed by atoms with Crippen LogP contribution in [0.1, 0.15) is 188 Å². The zero-order chi connectivity index (χ0) is 55.5. The molecule has 426 valence electrons. The molecule has 0 aliphatic heterocycles. The fourth-order valence-electron chi connectivity index (χ4n) is 6.68. The van der Waals surface area contributed by atoms with Gasteiger partial charge in [-0.3, -0.25) is 23.4 Å². The first-order chi connectivity index (χ1) is 37.2. The number of phosphoric ester groups is 1. The largest absolute Gasteiger partial charge is 0.472 e. The maximum Gasteiger partial charge on any atom is 0.472 e. The van der Waals surface area contributed by atoms with E-state index in [9.17, 15) is 28.9 Å². The Kier molecular flexibility index (Phi) is 52.7. The highest BCUT2D eigenvalue weighted by atomic mass is 31.2. The maximum absolute atomic E-state index is 12.9. The van der Waals surface area contributed by atoms with E-state index >= 15 is 0 Å². The van der Waals surface area contributed by atoms with Gasteiger partial charge in [0.15, 0.2) is 6.10 Å². The number of aliphatic hydroxyl groups is 1. The number of carbonyl (C=O) groups is 3. The number of ether oxygens (including phenoxy) is 3. The lowest BCUT2D eigenvalue weighted by atomic mass is 10.1. The van der Waals surface area contributed by atoms with Crippen LogP contribution in [0.15, 0.2) is 158 Å². The summed E-state index contributed by atoms with van der Waals surface area (Å²) in [5, 5.41) is 9.79. The molecule has 3 unspecified atom stereocenters. The van der Waals surface area contributed by atoms with Crippen LogP contribution in [-0.4, -0.2) is 66.5 Å². The summed E-state index contributed by atoms with van der Waals surface area (Å²) in [6.07, 6.45) is 73.8. The first-order valence-corrected chi connectivity index (χ1v) is 29.9. The van der Waals surface area contributed by atoms with E-state index < -0.39 is 64.4 Å².